The van der Waals surface area contributed by atoms with Crippen molar-refractivity contribution < 1.29 is 18.3 Å². The van der Waals surface area contributed by atoms with E-state index in [1.165, 1.54) is 0 Å². The maximum absolute atomic E-state index is 13.2. The lowest BCUT2D eigenvalue weighted by atomic mass is 9.86. The van der Waals surface area contributed by atoms with Gasteiger partial charge in [0.05, 0.1) is 18.0 Å². The Balaban J connectivity index is 2.04. The lowest BCUT2D eigenvalue weighted by Crippen LogP contribution is -2.32. The van der Waals surface area contributed by atoms with E-state index >= 15 is 0 Å². The number of halogens is 3. The summed E-state index contributed by atoms with van der Waals surface area (Å²) >= 11 is 3.41. The number of anilines is 2. The highest BCUT2D eigenvalue weighted by molar-refractivity contribution is 9.10. The van der Waals surface area contributed by atoms with E-state index in [9.17, 15) is 13.6 Å². The maximum atomic E-state index is 13.2. The lowest BCUT2D eigenvalue weighted by Gasteiger charge is -2.27. The van der Waals surface area contributed by atoms with E-state index in [1.807, 2.05) is 19.1 Å². The number of rotatable bonds is 6. The predicted octanol–water partition coefficient (Wildman–Crippen LogP) is 4.66. The van der Waals surface area contributed by atoms with Crippen LogP contribution < -0.4 is 10.6 Å². The lowest BCUT2D eigenvalue weighted by molar-refractivity contribution is -0.124. The van der Waals surface area contributed by atoms with Crippen LogP contribution in [0, 0.1) is 5.92 Å². The topological polar surface area (TPSA) is 50.4 Å². The predicted molar refractivity (Wildman–Crippen MR) is 94.6 cm³/mol. The van der Waals surface area contributed by atoms with Crippen LogP contribution in [0.15, 0.2) is 22.7 Å². The van der Waals surface area contributed by atoms with Crippen LogP contribution in [0.3, 0.4) is 0 Å². The highest BCUT2D eigenvalue weighted by Crippen LogP contribution is 2.37. The average molecular weight is 405 g/mol. The zero-order valence-electron chi connectivity index (χ0n) is 13.9. The van der Waals surface area contributed by atoms with Crippen molar-refractivity contribution in [3.05, 3.63) is 22.7 Å². The third-order valence-corrected chi connectivity index (χ3v) is 4.64. The van der Waals surface area contributed by atoms with Crippen molar-refractivity contribution in [1.29, 1.82) is 0 Å². The second-order valence-corrected chi connectivity index (χ2v) is 7.23. The van der Waals surface area contributed by atoms with E-state index in [0.29, 0.717) is 12.3 Å². The molecule has 0 saturated heterocycles. The highest BCUT2D eigenvalue weighted by Gasteiger charge is 2.37. The molecule has 0 aliphatic heterocycles. The Labute approximate surface area is 149 Å². The molecule has 1 fully saturated rings. The van der Waals surface area contributed by atoms with Gasteiger partial charge < -0.3 is 15.4 Å². The molecule has 1 saturated carbocycles. The number of amides is 1. The normalized spacial score (nSPS) is 18.9. The summed E-state index contributed by atoms with van der Waals surface area (Å²) in [4.78, 5) is 12.4. The van der Waals surface area contributed by atoms with E-state index < -0.39 is 5.92 Å². The molecule has 1 aliphatic carbocycles. The molecular weight excluding hydrogens is 382 g/mol. The molecule has 134 valence electrons. The second-order valence-electron chi connectivity index (χ2n) is 6.31. The SMILES string of the molecule is COC[C@H](C)Nc1cc(Br)ccc1NC(=O)C1CCC(F)(F)CC1. The van der Waals surface area contributed by atoms with E-state index in [2.05, 4.69) is 26.6 Å². The van der Waals surface area contributed by atoms with Crippen LogP contribution in [0.25, 0.3) is 0 Å². The molecule has 0 radical (unpaired) electrons. The smallest absolute Gasteiger partial charge is 0.248 e. The largest absolute Gasteiger partial charge is 0.383 e. The minimum Gasteiger partial charge on any atom is -0.383 e. The molecule has 0 aromatic heterocycles. The van der Waals surface area contributed by atoms with Crippen LogP contribution in [0.1, 0.15) is 32.6 Å². The van der Waals surface area contributed by atoms with E-state index in [4.69, 9.17) is 4.74 Å². The van der Waals surface area contributed by atoms with Crippen LogP contribution >= 0.6 is 15.9 Å². The first kappa shape index (κ1) is 19.1. The van der Waals surface area contributed by atoms with Crippen LogP contribution in [-0.2, 0) is 9.53 Å². The fourth-order valence-corrected chi connectivity index (χ4v) is 3.20. The number of nitrogens with one attached hydrogen (secondary N) is 2. The highest BCUT2D eigenvalue weighted by atomic mass is 79.9. The Morgan fingerprint density at radius 1 is 1.38 bits per heavy atom. The summed E-state index contributed by atoms with van der Waals surface area (Å²) < 4.78 is 32.5. The second kappa shape index (κ2) is 8.25. The van der Waals surface area contributed by atoms with Crippen molar-refractivity contribution in [2.75, 3.05) is 24.4 Å². The standard InChI is InChI=1S/C17H23BrF2N2O2/c1-11(10-24-2)21-15-9-13(18)3-4-14(15)22-16(23)12-5-7-17(19,20)8-6-12/h3-4,9,11-12,21H,5-8,10H2,1-2H3,(H,22,23)/t11-/m0/s1. The number of ether oxygens (including phenoxy) is 1. The summed E-state index contributed by atoms with van der Waals surface area (Å²) in [6, 6.07) is 5.56. The number of benzene rings is 1. The molecule has 1 aliphatic rings. The number of carbonyl (C=O) groups excluding carboxylic acids is 1. The number of hydrogen-bond acceptors (Lipinski definition) is 3. The van der Waals surface area contributed by atoms with Gasteiger partial charge in [-0.3, -0.25) is 4.79 Å². The Bertz CT molecular complexity index is 574. The maximum Gasteiger partial charge on any atom is 0.248 e. The van der Waals surface area contributed by atoms with Crippen molar-refractivity contribution >= 4 is 33.2 Å². The molecule has 2 N–H and O–H groups in total. The van der Waals surface area contributed by atoms with Gasteiger partial charge in [0, 0.05) is 36.4 Å². The minimum absolute atomic E-state index is 0.0633. The van der Waals surface area contributed by atoms with Crippen LogP contribution in [-0.4, -0.2) is 31.6 Å². The quantitative estimate of drug-likeness (QED) is 0.724. The third-order valence-electron chi connectivity index (χ3n) is 4.15. The van der Waals surface area contributed by atoms with Gasteiger partial charge in [-0.15, -0.1) is 0 Å². The molecule has 0 spiro atoms. The summed E-state index contributed by atoms with van der Waals surface area (Å²) in [6.45, 7) is 2.50. The average Bonchev–Trinajstić information content (AvgIpc) is 2.50. The zero-order valence-corrected chi connectivity index (χ0v) is 15.5. The molecular formula is C17H23BrF2N2O2. The monoisotopic (exact) mass is 404 g/mol. The first-order chi connectivity index (χ1) is 11.3. The summed E-state index contributed by atoms with van der Waals surface area (Å²) in [5, 5.41) is 6.16. The van der Waals surface area contributed by atoms with E-state index in [-0.39, 0.29) is 43.6 Å². The van der Waals surface area contributed by atoms with Gasteiger partial charge in [0.25, 0.3) is 0 Å². The Morgan fingerprint density at radius 2 is 2.04 bits per heavy atom. The van der Waals surface area contributed by atoms with E-state index in [0.717, 1.165) is 10.2 Å². The van der Waals surface area contributed by atoms with Crippen molar-refractivity contribution in [2.45, 2.75) is 44.6 Å². The molecule has 24 heavy (non-hydrogen) atoms. The molecule has 4 nitrogen and oxygen atoms in total. The van der Waals surface area contributed by atoms with E-state index in [1.54, 1.807) is 13.2 Å². The molecule has 7 heteroatoms. The Kier molecular flexibility index (Phi) is 6.57. The van der Waals surface area contributed by atoms with Crippen molar-refractivity contribution in [3.63, 3.8) is 0 Å². The summed E-state index contributed by atoms with van der Waals surface area (Å²) in [5.41, 5.74) is 1.41. The third kappa shape index (κ3) is 5.41. The minimum atomic E-state index is -2.63. The van der Waals surface area contributed by atoms with Gasteiger partial charge in [-0.1, -0.05) is 15.9 Å². The first-order valence-corrected chi connectivity index (χ1v) is 8.84. The molecule has 2 rings (SSSR count). The molecule has 0 bridgehead atoms. The van der Waals surface area contributed by atoms with Gasteiger partial charge in [-0.25, -0.2) is 8.78 Å². The summed E-state index contributed by atoms with van der Waals surface area (Å²) in [7, 11) is 1.63. The van der Waals surface area contributed by atoms with Gasteiger partial charge in [0.15, 0.2) is 0 Å². The summed E-state index contributed by atoms with van der Waals surface area (Å²) in [5.74, 6) is -3.19. The number of methoxy groups -OCH3 is 1. The van der Waals surface area contributed by atoms with Gasteiger partial charge in [-0.2, -0.15) is 0 Å². The van der Waals surface area contributed by atoms with Crippen molar-refractivity contribution in [3.8, 4) is 0 Å². The fourth-order valence-electron chi connectivity index (χ4n) is 2.84. The van der Waals surface area contributed by atoms with Gasteiger partial charge in [-0.05, 0) is 38.0 Å². The number of hydrogen-bond donors (Lipinski definition) is 2. The number of carbonyl (C=O) groups is 1. The van der Waals surface area contributed by atoms with Crippen LogP contribution in [0.4, 0.5) is 20.2 Å². The zero-order chi connectivity index (χ0) is 17.7. The molecule has 1 amide bonds. The number of alkyl halides is 2. The first-order valence-electron chi connectivity index (χ1n) is 8.04. The Hall–Kier alpha value is -1.21. The van der Waals surface area contributed by atoms with Crippen LogP contribution in [0.2, 0.25) is 0 Å². The molecule has 0 heterocycles. The molecule has 1 aromatic rings. The molecule has 1 atom stereocenters. The van der Waals surface area contributed by atoms with Gasteiger partial charge >= 0.3 is 0 Å². The fraction of sp³-hybridized carbons (Fsp3) is 0.588. The molecule has 0 unspecified atom stereocenters. The van der Waals surface area contributed by atoms with Crippen molar-refractivity contribution in [2.24, 2.45) is 5.92 Å². The van der Waals surface area contributed by atoms with Gasteiger partial charge in [0.1, 0.15) is 0 Å². The summed E-state index contributed by atoms with van der Waals surface area (Å²) in [6.07, 6.45) is -0.000783. The Morgan fingerprint density at radius 3 is 2.67 bits per heavy atom. The molecule has 1 aromatic carbocycles. The van der Waals surface area contributed by atoms with Crippen molar-refractivity contribution in [1.82, 2.24) is 0 Å². The van der Waals surface area contributed by atoms with Gasteiger partial charge in [0.2, 0.25) is 11.8 Å². The van der Waals surface area contributed by atoms with Crippen LogP contribution in [0.5, 0.6) is 0 Å².